The Kier molecular flexibility index (Phi) is 5.26. The van der Waals surface area contributed by atoms with Crippen LogP contribution in [-0.4, -0.2) is 53.5 Å². The highest BCUT2D eigenvalue weighted by molar-refractivity contribution is 7.10. The fourth-order valence-corrected chi connectivity index (χ4v) is 3.52. The molecule has 6 heteroatoms. The Morgan fingerprint density at radius 2 is 1.92 bits per heavy atom. The first-order chi connectivity index (χ1) is 11.7. The van der Waals surface area contributed by atoms with Crippen molar-refractivity contribution < 1.29 is 9.90 Å². The van der Waals surface area contributed by atoms with E-state index in [9.17, 15) is 9.90 Å². The number of β-amino-alcohol motifs (C(OH)–C–C–N with tert-alkyl or cyclic N) is 1. The van der Waals surface area contributed by atoms with Crippen molar-refractivity contribution in [3.63, 3.8) is 0 Å². The molecule has 24 heavy (non-hydrogen) atoms. The lowest BCUT2D eigenvalue weighted by Crippen LogP contribution is -2.49. The number of piperazine rings is 1. The number of hydrogen-bond donors (Lipinski definition) is 1. The second-order valence-electron chi connectivity index (χ2n) is 5.81. The maximum atomic E-state index is 12.5. The number of nitriles is 1. The number of thiophene rings is 1. The number of aliphatic hydroxyl groups is 1. The van der Waals surface area contributed by atoms with Gasteiger partial charge in [-0.2, -0.15) is 5.26 Å². The molecule has 1 atom stereocenters. The van der Waals surface area contributed by atoms with Gasteiger partial charge in [0.25, 0.3) is 5.91 Å². The van der Waals surface area contributed by atoms with Crippen LogP contribution >= 0.6 is 11.3 Å². The zero-order valence-electron chi connectivity index (χ0n) is 13.3. The molecule has 0 spiro atoms. The number of carbonyl (C=O) groups is 1. The molecule has 1 aromatic heterocycles. The first kappa shape index (κ1) is 16.7. The van der Waals surface area contributed by atoms with Crippen molar-refractivity contribution in [2.75, 3.05) is 32.7 Å². The Bertz CT molecular complexity index is 714. The molecule has 2 aromatic rings. The summed E-state index contributed by atoms with van der Waals surface area (Å²) in [5, 5.41) is 21.0. The Morgan fingerprint density at radius 1 is 1.21 bits per heavy atom. The number of hydrogen-bond acceptors (Lipinski definition) is 5. The smallest absolute Gasteiger partial charge is 0.253 e. The van der Waals surface area contributed by atoms with Gasteiger partial charge in [-0.15, -0.1) is 11.3 Å². The van der Waals surface area contributed by atoms with Crippen LogP contribution in [-0.2, 0) is 0 Å². The van der Waals surface area contributed by atoms with Crippen LogP contribution in [0.25, 0.3) is 0 Å². The number of aliphatic hydroxyl groups excluding tert-OH is 1. The molecular formula is C18H19N3O2S. The number of nitrogens with zero attached hydrogens (tertiary/aromatic N) is 3. The lowest BCUT2D eigenvalue weighted by molar-refractivity contribution is 0.0533. The summed E-state index contributed by atoms with van der Waals surface area (Å²) < 4.78 is 0. The molecule has 0 bridgehead atoms. The number of amides is 1. The van der Waals surface area contributed by atoms with E-state index in [-0.39, 0.29) is 5.91 Å². The minimum atomic E-state index is -0.467. The standard InChI is InChI=1S/C18H19N3O2S/c19-12-14-3-5-15(6-4-14)18(23)21-9-7-20(8-10-21)13-16(22)17-2-1-11-24-17/h1-6,11,16,22H,7-10,13H2. The van der Waals surface area contributed by atoms with Crippen LogP contribution in [0.1, 0.15) is 26.9 Å². The average Bonchev–Trinajstić information content (AvgIpc) is 3.17. The van der Waals surface area contributed by atoms with Crippen LogP contribution in [0.4, 0.5) is 0 Å². The topological polar surface area (TPSA) is 67.6 Å². The van der Waals surface area contributed by atoms with Crippen LogP contribution in [0.3, 0.4) is 0 Å². The van der Waals surface area contributed by atoms with Crippen molar-refractivity contribution in [1.29, 1.82) is 5.26 Å². The minimum absolute atomic E-state index is 0.00190. The van der Waals surface area contributed by atoms with Crippen molar-refractivity contribution >= 4 is 17.2 Å². The molecule has 1 amide bonds. The van der Waals surface area contributed by atoms with Gasteiger partial charge in [-0.3, -0.25) is 9.69 Å². The first-order valence-corrected chi connectivity index (χ1v) is 8.78. The van der Waals surface area contributed by atoms with E-state index in [1.807, 2.05) is 22.4 Å². The summed E-state index contributed by atoms with van der Waals surface area (Å²) in [6, 6.07) is 12.7. The zero-order chi connectivity index (χ0) is 16.9. The fourth-order valence-electron chi connectivity index (χ4n) is 2.82. The van der Waals surface area contributed by atoms with Gasteiger partial charge in [-0.05, 0) is 35.7 Å². The normalized spacial score (nSPS) is 16.6. The van der Waals surface area contributed by atoms with Crippen LogP contribution < -0.4 is 0 Å². The van der Waals surface area contributed by atoms with Crippen LogP contribution in [0.15, 0.2) is 41.8 Å². The Labute approximate surface area is 145 Å². The second kappa shape index (κ2) is 7.58. The average molecular weight is 341 g/mol. The minimum Gasteiger partial charge on any atom is -0.386 e. The summed E-state index contributed by atoms with van der Waals surface area (Å²) in [6.45, 7) is 3.40. The number of benzene rings is 1. The first-order valence-electron chi connectivity index (χ1n) is 7.90. The molecule has 1 aliphatic heterocycles. The van der Waals surface area contributed by atoms with Crippen LogP contribution in [0.2, 0.25) is 0 Å². The van der Waals surface area contributed by atoms with Crippen molar-refractivity contribution in [3.05, 3.63) is 57.8 Å². The monoisotopic (exact) mass is 341 g/mol. The van der Waals surface area contributed by atoms with Crippen LogP contribution in [0.5, 0.6) is 0 Å². The van der Waals surface area contributed by atoms with Gasteiger partial charge < -0.3 is 10.0 Å². The van der Waals surface area contributed by atoms with Gasteiger partial charge in [-0.25, -0.2) is 0 Å². The predicted molar refractivity (Wildman–Crippen MR) is 92.8 cm³/mol. The van der Waals surface area contributed by atoms with Gasteiger partial charge in [0.05, 0.1) is 11.6 Å². The molecule has 1 saturated heterocycles. The Hall–Kier alpha value is -2.20. The molecule has 1 N–H and O–H groups in total. The van der Waals surface area contributed by atoms with E-state index in [0.29, 0.717) is 30.8 Å². The molecular weight excluding hydrogens is 322 g/mol. The van der Waals surface area contributed by atoms with E-state index in [1.54, 1.807) is 35.6 Å². The summed E-state index contributed by atoms with van der Waals surface area (Å²) in [7, 11) is 0. The van der Waals surface area contributed by atoms with Crippen LogP contribution in [0, 0.1) is 11.3 Å². The molecule has 1 fully saturated rings. The van der Waals surface area contributed by atoms with Gasteiger partial charge in [0, 0.05) is 43.2 Å². The third kappa shape index (κ3) is 3.82. The molecule has 2 heterocycles. The van der Waals surface area contributed by atoms with Gasteiger partial charge in [0.1, 0.15) is 6.10 Å². The fraction of sp³-hybridized carbons (Fsp3) is 0.333. The molecule has 1 aromatic carbocycles. The summed E-state index contributed by atoms with van der Waals surface area (Å²) in [4.78, 5) is 17.5. The summed E-state index contributed by atoms with van der Waals surface area (Å²) >= 11 is 1.56. The Balaban J connectivity index is 1.52. The van der Waals surface area contributed by atoms with E-state index < -0.39 is 6.10 Å². The zero-order valence-corrected chi connectivity index (χ0v) is 14.1. The SMILES string of the molecule is N#Cc1ccc(C(=O)N2CCN(CC(O)c3cccs3)CC2)cc1. The van der Waals surface area contributed by atoms with E-state index in [0.717, 1.165) is 18.0 Å². The van der Waals surface area contributed by atoms with E-state index in [1.165, 1.54) is 0 Å². The quantitative estimate of drug-likeness (QED) is 0.925. The van der Waals surface area contributed by atoms with Crippen molar-refractivity contribution in [3.8, 4) is 6.07 Å². The highest BCUT2D eigenvalue weighted by atomic mass is 32.1. The lowest BCUT2D eigenvalue weighted by Gasteiger charge is -2.35. The highest BCUT2D eigenvalue weighted by Crippen LogP contribution is 2.20. The molecule has 0 saturated carbocycles. The maximum Gasteiger partial charge on any atom is 0.253 e. The maximum absolute atomic E-state index is 12.5. The second-order valence-corrected chi connectivity index (χ2v) is 6.79. The van der Waals surface area contributed by atoms with Gasteiger partial charge in [0.2, 0.25) is 0 Å². The number of carbonyl (C=O) groups excluding carboxylic acids is 1. The Morgan fingerprint density at radius 3 is 2.50 bits per heavy atom. The van der Waals surface area contributed by atoms with Gasteiger partial charge in [-0.1, -0.05) is 6.07 Å². The summed E-state index contributed by atoms with van der Waals surface area (Å²) in [5.74, 6) is -0.00190. The molecule has 5 nitrogen and oxygen atoms in total. The van der Waals surface area contributed by atoms with Crippen molar-refractivity contribution in [1.82, 2.24) is 9.80 Å². The highest BCUT2D eigenvalue weighted by Gasteiger charge is 2.23. The predicted octanol–water partition coefficient (Wildman–Crippen LogP) is 2.11. The van der Waals surface area contributed by atoms with E-state index in [2.05, 4.69) is 11.0 Å². The summed E-state index contributed by atoms with van der Waals surface area (Å²) in [5.41, 5.74) is 1.17. The van der Waals surface area contributed by atoms with E-state index >= 15 is 0 Å². The summed E-state index contributed by atoms with van der Waals surface area (Å²) in [6.07, 6.45) is -0.467. The van der Waals surface area contributed by atoms with E-state index in [4.69, 9.17) is 5.26 Å². The molecule has 3 rings (SSSR count). The molecule has 0 aliphatic carbocycles. The van der Waals surface area contributed by atoms with Gasteiger partial charge in [0.15, 0.2) is 0 Å². The lowest BCUT2D eigenvalue weighted by atomic mass is 10.1. The van der Waals surface area contributed by atoms with Crippen molar-refractivity contribution in [2.45, 2.75) is 6.10 Å². The molecule has 1 aliphatic rings. The third-order valence-electron chi connectivity index (χ3n) is 4.22. The molecule has 0 radical (unpaired) electrons. The molecule has 124 valence electrons. The van der Waals surface area contributed by atoms with Crippen molar-refractivity contribution in [2.24, 2.45) is 0 Å². The number of rotatable bonds is 4. The van der Waals surface area contributed by atoms with Gasteiger partial charge >= 0.3 is 0 Å². The molecule has 1 unspecified atom stereocenters. The largest absolute Gasteiger partial charge is 0.386 e. The third-order valence-corrected chi connectivity index (χ3v) is 5.20.